The summed E-state index contributed by atoms with van der Waals surface area (Å²) >= 11 is 0. The van der Waals surface area contributed by atoms with Crippen molar-refractivity contribution in [2.75, 3.05) is 13.1 Å². The van der Waals surface area contributed by atoms with Gasteiger partial charge in [-0.15, -0.1) is 0 Å². The van der Waals surface area contributed by atoms with Crippen molar-refractivity contribution >= 4 is 5.78 Å². The predicted molar refractivity (Wildman–Crippen MR) is 71.9 cm³/mol. The zero-order chi connectivity index (χ0) is 13.0. The van der Waals surface area contributed by atoms with Gasteiger partial charge in [-0.25, -0.2) is 0 Å². The van der Waals surface area contributed by atoms with Gasteiger partial charge in [0.05, 0.1) is 0 Å². The molecule has 1 aliphatic rings. The van der Waals surface area contributed by atoms with Gasteiger partial charge in [-0.05, 0) is 51.1 Å². The third kappa shape index (κ3) is 3.33. The summed E-state index contributed by atoms with van der Waals surface area (Å²) in [7, 11) is 0. The summed E-state index contributed by atoms with van der Waals surface area (Å²) in [6.07, 6.45) is 5.06. The number of carbonyl (C=O) groups is 1. The lowest BCUT2D eigenvalue weighted by atomic mass is 10.1. The van der Waals surface area contributed by atoms with Crippen molar-refractivity contribution in [2.45, 2.75) is 39.2 Å². The van der Waals surface area contributed by atoms with Crippen LogP contribution < -0.4 is 0 Å². The molecule has 0 radical (unpaired) electrons. The van der Waals surface area contributed by atoms with Crippen LogP contribution in [0.15, 0.2) is 18.2 Å². The molecular formula is C15H21NO2. The smallest absolute Gasteiger partial charge is 0.159 e. The average molecular weight is 247 g/mol. The highest BCUT2D eigenvalue weighted by atomic mass is 16.3. The number of phenols is 1. The molecule has 0 unspecified atom stereocenters. The standard InChI is InChI=1S/C15H21NO2/c1-12(17)13-6-7-15(18)14(10-13)11-16-8-4-2-3-5-9-16/h6-7,10,18H,2-5,8-9,11H2,1H3. The van der Waals surface area contributed by atoms with Crippen LogP contribution in [0.5, 0.6) is 5.75 Å². The number of hydrogen-bond donors (Lipinski definition) is 1. The Bertz CT molecular complexity index is 421. The van der Waals surface area contributed by atoms with Crippen LogP contribution in [0.4, 0.5) is 0 Å². The molecule has 0 bridgehead atoms. The Morgan fingerprint density at radius 2 is 1.89 bits per heavy atom. The maximum absolute atomic E-state index is 11.4. The largest absolute Gasteiger partial charge is 0.508 e. The van der Waals surface area contributed by atoms with E-state index in [9.17, 15) is 9.90 Å². The third-order valence-corrected chi connectivity index (χ3v) is 3.58. The molecule has 1 N–H and O–H groups in total. The van der Waals surface area contributed by atoms with Crippen molar-refractivity contribution < 1.29 is 9.90 Å². The number of hydrogen-bond acceptors (Lipinski definition) is 3. The van der Waals surface area contributed by atoms with Crippen LogP contribution >= 0.6 is 0 Å². The van der Waals surface area contributed by atoms with Crippen molar-refractivity contribution in [1.82, 2.24) is 4.90 Å². The Labute approximate surface area is 108 Å². The number of Topliss-reactive ketones (excluding diaryl/α,β-unsaturated/α-hetero) is 1. The molecule has 0 atom stereocenters. The topological polar surface area (TPSA) is 40.5 Å². The first-order valence-electron chi connectivity index (χ1n) is 6.72. The number of aromatic hydroxyl groups is 1. The second kappa shape index (κ2) is 6.01. The van der Waals surface area contributed by atoms with Crippen LogP contribution in [-0.2, 0) is 6.54 Å². The Kier molecular flexibility index (Phi) is 4.37. The van der Waals surface area contributed by atoms with Crippen molar-refractivity contribution in [3.63, 3.8) is 0 Å². The lowest BCUT2D eigenvalue weighted by molar-refractivity contribution is 0.101. The van der Waals surface area contributed by atoms with E-state index in [1.54, 1.807) is 19.1 Å². The van der Waals surface area contributed by atoms with Crippen molar-refractivity contribution in [3.8, 4) is 5.75 Å². The minimum atomic E-state index is 0.0483. The first-order valence-corrected chi connectivity index (χ1v) is 6.72. The zero-order valence-electron chi connectivity index (χ0n) is 11.0. The highest BCUT2D eigenvalue weighted by Crippen LogP contribution is 2.22. The molecule has 1 saturated heterocycles. The molecule has 0 saturated carbocycles. The number of carbonyl (C=O) groups excluding carboxylic acids is 1. The second-order valence-electron chi connectivity index (χ2n) is 5.09. The summed E-state index contributed by atoms with van der Waals surface area (Å²) in [5, 5.41) is 9.88. The molecule has 1 fully saturated rings. The molecule has 0 aliphatic carbocycles. The summed E-state index contributed by atoms with van der Waals surface area (Å²) in [4.78, 5) is 13.7. The lowest BCUT2D eigenvalue weighted by Crippen LogP contribution is -2.24. The molecule has 0 spiro atoms. The summed E-state index contributed by atoms with van der Waals surface area (Å²) in [6, 6.07) is 5.13. The molecule has 18 heavy (non-hydrogen) atoms. The van der Waals surface area contributed by atoms with Crippen LogP contribution in [0.1, 0.15) is 48.5 Å². The van der Waals surface area contributed by atoms with Gasteiger partial charge >= 0.3 is 0 Å². The zero-order valence-corrected chi connectivity index (χ0v) is 11.0. The molecule has 98 valence electrons. The number of nitrogens with zero attached hydrogens (tertiary/aromatic N) is 1. The number of rotatable bonds is 3. The van der Waals surface area contributed by atoms with E-state index in [4.69, 9.17) is 0 Å². The van der Waals surface area contributed by atoms with E-state index in [0.29, 0.717) is 11.3 Å². The van der Waals surface area contributed by atoms with Crippen molar-refractivity contribution in [1.29, 1.82) is 0 Å². The number of likely N-dealkylation sites (tertiary alicyclic amines) is 1. The van der Waals surface area contributed by atoms with Gasteiger partial charge in [0.2, 0.25) is 0 Å². The Morgan fingerprint density at radius 3 is 2.50 bits per heavy atom. The van der Waals surface area contributed by atoms with Crippen LogP contribution in [0.3, 0.4) is 0 Å². The van der Waals surface area contributed by atoms with Gasteiger partial charge in [-0.2, -0.15) is 0 Å². The molecule has 3 heteroatoms. The van der Waals surface area contributed by atoms with E-state index >= 15 is 0 Å². The van der Waals surface area contributed by atoms with Gasteiger partial charge < -0.3 is 5.11 Å². The summed E-state index contributed by atoms with van der Waals surface area (Å²) in [5.41, 5.74) is 1.54. The monoisotopic (exact) mass is 247 g/mol. The van der Waals surface area contributed by atoms with E-state index < -0.39 is 0 Å². The molecular weight excluding hydrogens is 226 g/mol. The Balaban J connectivity index is 2.11. The fraction of sp³-hybridized carbons (Fsp3) is 0.533. The minimum Gasteiger partial charge on any atom is -0.508 e. The van der Waals surface area contributed by atoms with Crippen LogP contribution in [0.2, 0.25) is 0 Å². The van der Waals surface area contributed by atoms with E-state index in [1.807, 2.05) is 6.07 Å². The first kappa shape index (κ1) is 13.1. The van der Waals surface area contributed by atoms with Gasteiger partial charge in [0.1, 0.15) is 5.75 Å². The van der Waals surface area contributed by atoms with E-state index in [-0.39, 0.29) is 5.78 Å². The molecule has 3 nitrogen and oxygen atoms in total. The molecule has 0 amide bonds. The quantitative estimate of drug-likeness (QED) is 0.835. The third-order valence-electron chi connectivity index (χ3n) is 3.58. The Hall–Kier alpha value is -1.35. The van der Waals surface area contributed by atoms with Gasteiger partial charge in [-0.1, -0.05) is 12.8 Å². The van der Waals surface area contributed by atoms with Gasteiger partial charge in [0.25, 0.3) is 0 Å². The van der Waals surface area contributed by atoms with Crippen LogP contribution in [0.25, 0.3) is 0 Å². The molecule has 1 aliphatic heterocycles. The Morgan fingerprint density at radius 1 is 1.22 bits per heavy atom. The second-order valence-corrected chi connectivity index (χ2v) is 5.09. The highest BCUT2D eigenvalue weighted by Gasteiger charge is 2.12. The van der Waals surface area contributed by atoms with Crippen LogP contribution in [0, 0.1) is 0 Å². The van der Waals surface area contributed by atoms with E-state index in [2.05, 4.69) is 4.90 Å². The molecule has 1 aromatic rings. The molecule has 1 aromatic carbocycles. The SMILES string of the molecule is CC(=O)c1ccc(O)c(CN2CCCCCC2)c1. The fourth-order valence-electron chi connectivity index (χ4n) is 2.47. The minimum absolute atomic E-state index is 0.0483. The number of phenolic OH excluding ortho intramolecular Hbond substituents is 1. The normalized spacial score (nSPS) is 17.4. The van der Waals surface area contributed by atoms with Gasteiger partial charge in [-0.3, -0.25) is 9.69 Å². The van der Waals surface area contributed by atoms with Crippen LogP contribution in [-0.4, -0.2) is 28.9 Å². The lowest BCUT2D eigenvalue weighted by Gasteiger charge is -2.20. The number of ketones is 1. The molecule has 1 heterocycles. The van der Waals surface area contributed by atoms with E-state index in [0.717, 1.165) is 25.2 Å². The maximum atomic E-state index is 11.4. The van der Waals surface area contributed by atoms with Crippen molar-refractivity contribution in [2.24, 2.45) is 0 Å². The summed E-state index contributed by atoms with van der Waals surface area (Å²) in [6.45, 7) is 4.47. The summed E-state index contributed by atoms with van der Waals surface area (Å²) in [5.74, 6) is 0.344. The predicted octanol–water partition coefficient (Wildman–Crippen LogP) is 2.97. The number of benzene rings is 1. The molecule has 2 rings (SSSR count). The first-order chi connectivity index (χ1) is 8.66. The highest BCUT2D eigenvalue weighted by molar-refractivity contribution is 5.94. The maximum Gasteiger partial charge on any atom is 0.159 e. The van der Waals surface area contributed by atoms with E-state index in [1.165, 1.54) is 25.7 Å². The average Bonchev–Trinajstić information content (AvgIpc) is 2.60. The van der Waals surface area contributed by atoms with Crippen molar-refractivity contribution in [3.05, 3.63) is 29.3 Å². The van der Waals surface area contributed by atoms with Gasteiger partial charge in [0, 0.05) is 17.7 Å². The summed E-state index contributed by atoms with van der Waals surface area (Å²) < 4.78 is 0. The van der Waals surface area contributed by atoms with Gasteiger partial charge in [0.15, 0.2) is 5.78 Å². The molecule has 0 aromatic heterocycles. The fourth-order valence-corrected chi connectivity index (χ4v) is 2.47.